The molecule has 2 fully saturated rings. The molecule has 0 bridgehead atoms. The Morgan fingerprint density at radius 1 is 1.03 bits per heavy atom. The Bertz CT molecular complexity index is 854. The maximum absolute atomic E-state index is 13.7. The maximum atomic E-state index is 13.7. The smallest absolute Gasteiger partial charge is 0.260 e. The predicted molar refractivity (Wildman–Crippen MR) is 119 cm³/mol. The lowest BCUT2D eigenvalue weighted by atomic mass is 9.93. The van der Waals surface area contributed by atoms with Crippen molar-refractivity contribution in [2.75, 3.05) is 31.1 Å². The summed E-state index contributed by atoms with van der Waals surface area (Å²) in [5.74, 6) is 1.02. The van der Waals surface area contributed by atoms with Gasteiger partial charge in [0.05, 0.1) is 12.7 Å². The summed E-state index contributed by atoms with van der Waals surface area (Å²) in [4.78, 5) is 18.0. The number of rotatable bonds is 5. The number of benzene rings is 2. The number of para-hydroxylation sites is 2. The van der Waals surface area contributed by atoms with Crippen LogP contribution >= 0.6 is 0 Å². The van der Waals surface area contributed by atoms with Gasteiger partial charge in [-0.25, -0.2) is 0 Å². The predicted octanol–water partition coefficient (Wildman–Crippen LogP) is 4.26. The highest BCUT2D eigenvalue weighted by Crippen LogP contribution is 2.33. The van der Waals surface area contributed by atoms with Crippen molar-refractivity contribution in [2.45, 2.75) is 51.4 Å². The normalized spacial score (nSPS) is 23.0. The summed E-state index contributed by atoms with van der Waals surface area (Å²) in [7, 11) is 0. The molecule has 0 radical (unpaired) electrons. The molecule has 0 aromatic heterocycles. The molecule has 2 saturated heterocycles. The van der Waals surface area contributed by atoms with Gasteiger partial charge in [0, 0.05) is 37.4 Å². The summed E-state index contributed by atoms with van der Waals surface area (Å²) in [5.41, 5.74) is 1.35. The minimum Gasteiger partial charge on any atom is -0.491 e. The van der Waals surface area contributed by atoms with Crippen LogP contribution in [0.5, 0.6) is 5.75 Å². The molecule has 5 nitrogen and oxygen atoms in total. The highest BCUT2D eigenvalue weighted by molar-refractivity contribution is 6.00. The Morgan fingerprint density at radius 3 is 2.60 bits per heavy atom. The van der Waals surface area contributed by atoms with Crippen molar-refractivity contribution in [1.82, 2.24) is 4.90 Å². The molecule has 1 unspecified atom stereocenters. The van der Waals surface area contributed by atoms with E-state index in [0.717, 1.165) is 55.9 Å². The van der Waals surface area contributed by atoms with Crippen LogP contribution in [0.15, 0.2) is 54.6 Å². The zero-order chi connectivity index (χ0) is 21.0. The summed E-state index contributed by atoms with van der Waals surface area (Å²) < 4.78 is 12.3. The number of hydrogen-bond donors (Lipinski definition) is 0. The van der Waals surface area contributed by atoms with Crippen LogP contribution < -0.4 is 9.64 Å². The number of carbonyl (C=O) groups excluding carboxylic acids is 1. The van der Waals surface area contributed by atoms with Crippen LogP contribution in [0.4, 0.5) is 5.69 Å². The van der Waals surface area contributed by atoms with Gasteiger partial charge in [-0.05, 0) is 51.3 Å². The van der Waals surface area contributed by atoms with E-state index in [0.29, 0.717) is 13.2 Å². The van der Waals surface area contributed by atoms with Gasteiger partial charge in [-0.1, -0.05) is 36.4 Å². The van der Waals surface area contributed by atoms with Gasteiger partial charge in [0.2, 0.25) is 0 Å². The highest BCUT2D eigenvalue weighted by atomic mass is 16.5. The van der Waals surface area contributed by atoms with E-state index in [1.165, 1.54) is 0 Å². The SMILES string of the molecule is CC(C)Oc1ccccc1CN1CCOC2(CCCCN(c3ccccc3)C2=O)C1. The van der Waals surface area contributed by atoms with Crippen LogP contribution in [-0.4, -0.2) is 48.8 Å². The number of nitrogens with zero attached hydrogens (tertiary/aromatic N) is 2. The largest absolute Gasteiger partial charge is 0.491 e. The molecule has 2 aliphatic rings. The van der Waals surface area contributed by atoms with Gasteiger partial charge in [-0.2, -0.15) is 0 Å². The third-order valence-electron chi connectivity index (χ3n) is 5.91. The molecule has 1 amide bonds. The number of morpholine rings is 1. The van der Waals surface area contributed by atoms with E-state index in [-0.39, 0.29) is 12.0 Å². The monoisotopic (exact) mass is 408 g/mol. The molecule has 30 heavy (non-hydrogen) atoms. The van der Waals surface area contributed by atoms with Crippen LogP contribution in [0.3, 0.4) is 0 Å². The Morgan fingerprint density at radius 2 is 1.80 bits per heavy atom. The van der Waals surface area contributed by atoms with Crippen molar-refractivity contribution < 1.29 is 14.3 Å². The number of anilines is 1. The molecule has 160 valence electrons. The van der Waals surface area contributed by atoms with Gasteiger partial charge in [0.15, 0.2) is 5.60 Å². The zero-order valence-corrected chi connectivity index (χ0v) is 18.0. The minimum atomic E-state index is -0.765. The first-order chi connectivity index (χ1) is 14.6. The number of ether oxygens (including phenoxy) is 2. The molecule has 5 heteroatoms. The van der Waals surface area contributed by atoms with E-state index < -0.39 is 5.60 Å². The Hall–Kier alpha value is -2.37. The van der Waals surface area contributed by atoms with E-state index >= 15 is 0 Å². The Balaban J connectivity index is 1.54. The van der Waals surface area contributed by atoms with Gasteiger partial charge in [-0.15, -0.1) is 0 Å². The first-order valence-electron chi connectivity index (χ1n) is 11.1. The lowest BCUT2D eigenvalue weighted by molar-refractivity contribution is -0.158. The summed E-state index contributed by atoms with van der Waals surface area (Å²) in [6.45, 7) is 7.60. The molecule has 1 atom stereocenters. The number of amides is 1. The molecular weight excluding hydrogens is 376 g/mol. The van der Waals surface area contributed by atoms with Crippen LogP contribution in [0.1, 0.15) is 38.7 Å². The van der Waals surface area contributed by atoms with Crippen molar-refractivity contribution in [1.29, 1.82) is 0 Å². The molecule has 4 rings (SSSR count). The molecule has 0 N–H and O–H groups in total. The second kappa shape index (κ2) is 9.19. The third kappa shape index (κ3) is 4.52. The standard InChI is InChI=1S/C25H32N2O3/c1-20(2)30-23-13-7-6-10-21(23)18-26-16-17-29-25(19-26)14-8-9-15-27(24(25)28)22-11-4-3-5-12-22/h3-7,10-13,20H,8-9,14-19H2,1-2H3. The van der Waals surface area contributed by atoms with Crippen molar-refractivity contribution in [2.24, 2.45) is 0 Å². The Kier molecular flexibility index (Phi) is 6.40. The van der Waals surface area contributed by atoms with Gasteiger partial charge in [0.1, 0.15) is 5.75 Å². The molecule has 1 spiro atoms. The van der Waals surface area contributed by atoms with E-state index in [1.807, 2.05) is 67.3 Å². The zero-order valence-electron chi connectivity index (χ0n) is 18.0. The van der Waals surface area contributed by atoms with Crippen LogP contribution in [0.25, 0.3) is 0 Å². The fraction of sp³-hybridized carbons (Fsp3) is 0.480. The first kappa shape index (κ1) is 20.9. The lowest BCUT2D eigenvalue weighted by Gasteiger charge is -2.43. The van der Waals surface area contributed by atoms with E-state index in [4.69, 9.17) is 9.47 Å². The first-order valence-corrected chi connectivity index (χ1v) is 11.1. The van der Waals surface area contributed by atoms with Crippen molar-refractivity contribution in [3.05, 3.63) is 60.2 Å². The molecule has 2 aromatic rings. The molecule has 2 aliphatic heterocycles. The van der Waals surface area contributed by atoms with Gasteiger partial charge in [0.25, 0.3) is 5.91 Å². The third-order valence-corrected chi connectivity index (χ3v) is 5.91. The Labute approximate surface area is 179 Å². The highest BCUT2D eigenvalue weighted by Gasteiger charge is 2.47. The quantitative estimate of drug-likeness (QED) is 0.741. The molecule has 0 aliphatic carbocycles. The average Bonchev–Trinajstić information content (AvgIpc) is 2.89. The maximum Gasteiger partial charge on any atom is 0.260 e. The van der Waals surface area contributed by atoms with Crippen molar-refractivity contribution in [3.8, 4) is 5.75 Å². The second-order valence-electron chi connectivity index (χ2n) is 8.58. The summed E-state index contributed by atoms with van der Waals surface area (Å²) in [6.07, 6.45) is 2.90. The van der Waals surface area contributed by atoms with E-state index in [1.54, 1.807) is 0 Å². The second-order valence-corrected chi connectivity index (χ2v) is 8.58. The van der Waals surface area contributed by atoms with Crippen LogP contribution in [0.2, 0.25) is 0 Å². The summed E-state index contributed by atoms with van der Waals surface area (Å²) in [5, 5.41) is 0. The molecule has 2 aromatic carbocycles. The van der Waals surface area contributed by atoms with E-state index in [9.17, 15) is 4.79 Å². The molecule has 2 heterocycles. The van der Waals surface area contributed by atoms with Crippen LogP contribution in [0, 0.1) is 0 Å². The molecule has 0 saturated carbocycles. The minimum absolute atomic E-state index is 0.0996. The topological polar surface area (TPSA) is 42.0 Å². The van der Waals surface area contributed by atoms with Crippen molar-refractivity contribution >= 4 is 11.6 Å². The fourth-order valence-electron chi connectivity index (χ4n) is 4.51. The van der Waals surface area contributed by atoms with Gasteiger partial charge in [-0.3, -0.25) is 9.69 Å². The molecular formula is C25H32N2O3. The number of carbonyl (C=O) groups is 1. The summed E-state index contributed by atoms with van der Waals surface area (Å²) in [6, 6.07) is 18.2. The van der Waals surface area contributed by atoms with Gasteiger partial charge >= 0.3 is 0 Å². The summed E-state index contributed by atoms with van der Waals surface area (Å²) >= 11 is 0. The number of hydrogen-bond acceptors (Lipinski definition) is 4. The average molecular weight is 409 g/mol. The van der Waals surface area contributed by atoms with Gasteiger partial charge < -0.3 is 14.4 Å². The van der Waals surface area contributed by atoms with E-state index in [2.05, 4.69) is 11.0 Å². The lowest BCUT2D eigenvalue weighted by Crippen LogP contribution is -2.59. The van der Waals surface area contributed by atoms with Crippen LogP contribution in [-0.2, 0) is 16.1 Å². The van der Waals surface area contributed by atoms with Crippen molar-refractivity contribution in [3.63, 3.8) is 0 Å². The fourth-order valence-corrected chi connectivity index (χ4v) is 4.51.